The Morgan fingerprint density at radius 1 is 1.19 bits per heavy atom. The van der Waals surface area contributed by atoms with Gasteiger partial charge < -0.3 is 0 Å². The molecule has 2 rings (SSSR count). The summed E-state index contributed by atoms with van der Waals surface area (Å²) in [6, 6.07) is 11.3. The normalized spacial score (nSPS) is 21.4. The van der Waals surface area contributed by atoms with Gasteiger partial charge in [-0.05, 0) is 24.9 Å². The molecule has 0 aliphatic carbocycles. The third kappa shape index (κ3) is 3.65. The molecule has 0 aromatic heterocycles. The summed E-state index contributed by atoms with van der Waals surface area (Å²) in [4.78, 5) is 2.52. The minimum absolute atomic E-state index is 0. The van der Waals surface area contributed by atoms with E-state index < -0.39 is 0 Å². The van der Waals surface area contributed by atoms with E-state index in [9.17, 15) is 0 Å². The van der Waals surface area contributed by atoms with Crippen LogP contribution >= 0.6 is 24.0 Å². The zero-order valence-electron chi connectivity index (χ0n) is 9.44. The molecule has 0 amide bonds. The van der Waals surface area contributed by atoms with Crippen molar-refractivity contribution in [3.63, 3.8) is 0 Å². The first-order valence-electron chi connectivity index (χ1n) is 5.74. The van der Waals surface area contributed by atoms with Crippen LogP contribution in [0.25, 0.3) is 0 Å². The average molecular weight is 260 g/mol. The average Bonchev–Trinajstić information content (AvgIpc) is 2.31. The smallest absolute Gasteiger partial charge is 0.0379 e. The molecular formula is C13H19Cl2N. The molecule has 1 fully saturated rings. The van der Waals surface area contributed by atoms with Crippen LogP contribution in [0.4, 0.5) is 0 Å². The second kappa shape index (κ2) is 7.16. The molecule has 1 aliphatic rings. The predicted octanol–water partition coefficient (Wildman–Crippen LogP) is 3.70. The SMILES string of the molecule is Cl.ClCC1CCCCN1Cc1ccccc1. The summed E-state index contributed by atoms with van der Waals surface area (Å²) < 4.78 is 0. The lowest BCUT2D eigenvalue weighted by Gasteiger charge is -2.34. The molecule has 3 heteroatoms. The minimum Gasteiger partial charge on any atom is -0.295 e. The second-order valence-corrected chi connectivity index (χ2v) is 4.57. The zero-order valence-corrected chi connectivity index (χ0v) is 11.0. The van der Waals surface area contributed by atoms with Crippen LogP contribution in [0.3, 0.4) is 0 Å². The maximum absolute atomic E-state index is 6.00. The first-order chi connectivity index (χ1) is 7.40. The van der Waals surface area contributed by atoms with Crippen molar-refractivity contribution in [3.05, 3.63) is 35.9 Å². The number of hydrogen-bond acceptors (Lipinski definition) is 1. The van der Waals surface area contributed by atoms with E-state index >= 15 is 0 Å². The largest absolute Gasteiger partial charge is 0.295 e. The van der Waals surface area contributed by atoms with Crippen LogP contribution in [0.1, 0.15) is 24.8 Å². The van der Waals surface area contributed by atoms with Gasteiger partial charge in [0.25, 0.3) is 0 Å². The van der Waals surface area contributed by atoms with Crippen molar-refractivity contribution in [2.45, 2.75) is 31.8 Å². The van der Waals surface area contributed by atoms with Crippen molar-refractivity contribution in [1.29, 1.82) is 0 Å². The van der Waals surface area contributed by atoms with E-state index in [0.29, 0.717) is 6.04 Å². The molecule has 1 aromatic rings. The third-order valence-electron chi connectivity index (χ3n) is 3.16. The first kappa shape index (κ1) is 13.8. The Balaban J connectivity index is 0.00000128. The van der Waals surface area contributed by atoms with E-state index in [1.807, 2.05) is 0 Å². The molecule has 0 saturated carbocycles. The third-order valence-corrected chi connectivity index (χ3v) is 3.51. The minimum atomic E-state index is 0. The van der Waals surface area contributed by atoms with Crippen LogP contribution in [-0.2, 0) is 6.54 Å². The summed E-state index contributed by atoms with van der Waals surface area (Å²) in [5.41, 5.74) is 1.40. The maximum atomic E-state index is 6.00. The summed E-state index contributed by atoms with van der Waals surface area (Å²) >= 11 is 6.00. The summed E-state index contributed by atoms with van der Waals surface area (Å²) in [5.74, 6) is 0.771. The fourth-order valence-electron chi connectivity index (χ4n) is 2.26. The van der Waals surface area contributed by atoms with E-state index in [4.69, 9.17) is 11.6 Å². The van der Waals surface area contributed by atoms with E-state index in [0.717, 1.165) is 12.4 Å². The lowest BCUT2D eigenvalue weighted by molar-refractivity contribution is 0.155. The molecule has 0 spiro atoms. The number of nitrogens with zero attached hydrogens (tertiary/aromatic N) is 1. The van der Waals surface area contributed by atoms with Crippen molar-refractivity contribution in [3.8, 4) is 0 Å². The number of alkyl halides is 1. The molecule has 0 bridgehead atoms. The first-order valence-corrected chi connectivity index (χ1v) is 6.27. The van der Waals surface area contributed by atoms with Gasteiger partial charge in [-0.25, -0.2) is 0 Å². The number of rotatable bonds is 3. The quantitative estimate of drug-likeness (QED) is 0.749. The molecule has 1 aromatic carbocycles. The summed E-state index contributed by atoms with van der Waals surface area (Å²) in [6.07, 6.45) is 3.92. The van der Waals surface area contributed by atoms with Gasteiger partial charge in [0.1, 0.15) is 0 Å². The second-order valence-electron chi connectivity index (χ2n) is 4.26. The molecule has 0 N–H and O–H groups in total. The van der Waals surface area contributed by atoms with Crippen molar-refractivity contribution in [1.82, 2.24) is 4.90 Å². The van der Waals surface area contributed by atoms with Gasteiger partial charge in [0.15, 0.2) is 0 Å². The summed E-state index contributed by atoms with van der Waals surface area (Å²) in [7, 11) is 0. The van der Waals surface area contributed by atoms with Crippen molar-refractivity contribution >= 4 is 24.0 Å². The molecule has 1 nitrogen and oxygen atoms in total. The standard InChI is InChI=1S/C13H18ClN.ClH/c14-10-13-8-4-5-9-15(13)11-12-6-2-1-3-7-12;/h1-3,6-7,13H,4-5,8-11H2;1H. The van der Waals surface area contributed by atoms with Crippen molar-refractivity contribution in [2.75, 3.05) is 12.4 Å². The number of hydrogen-bond donors (Lipinski definition) is 0. The van der Waals surface area contributed by atoms with Crippen LogP contribution < -0.4 is 0 Å². The van der Waals surface area contributed by atoms with Gasteiger partial charge in [-0.3, -0.25) is 4.90 Å². The van der Waals surface area contributed by atoms with Crippen LogP contribution in [-0.4, -0.2) is 23.4 Å². The molecule has 1 saturated heterocycles. The van der Waals surface area contributed by atoms with E-state index in [1.54, 1.807) is 0 Å². The van der Waals surface area contributed by atoms with Crippen molar-refractivity contribution < 1.29 is 0 Å². The molecule has 16 heavy (non-hydrogen) atoms. The Morgan fingerprint density at radius 2 is 1.94 bits per heavy atom. The summed E-state index contributed by atoms with van der Waals surface area (Å²) in [5, 5.41) is 0. The number of likely N-dealkylation sites (tertiary alicyclic amines) is 1. The Bertz CT molecular complexity index is 289. The van der Waals surface area contributed by atoms with Crippen LogP contribution in [0, 0.1) is 0 Å². The fourth-order valence-corrected chi connectivity index (χ4v) is 2.61. The Labute approximate surface area is 109 Å². The van der Waals surface area contributed by atoms with Gasteiger partial charge in [0, 0.05) is 18.5 Å². The van der Waals surface area contributed by atoms with E-state index in [1.165, 1.54) is 31.4 Å². The number of benzene rings is 1. The molecule has 1 atom stereocenters. The molecule has 90 valence electrons. The van der Waals surface area contributed by atoms with Crippen LogP contribution in [0.2, 0.25) is 0 Å². The molecule has 1 unspecified atom stereocenters. The Morgan fingerprint density at radius 3 is 2.62 bits per heavy atom. The highest BCUT2D eigenvalue weighted by molar-refractivity contribution is 6.18. The number of piperidine rings is 1. The van der Waals surface area contributed by atoms with E-state index in [-0.39, 0.29) is 12.4 Å². The highest BCUT2D eigenvalue weighted by Gasteiger charge is 2.21. The van der Waals surface area contributed by atoms with Crippen LogP contribution in [0.15, 0.2) is 30.3 Å². The van der Waals surface area contributed by atoms with Gasteiger partial charge in [-0.15, -0.1) is 24.0 Å². The Hall–Kier alpha value is -0.240. The molecule has 0 radical (unpaired) electrons. The lowest BCUT2D eigenvalue weighted by Crippen LogP contribution is -2.40. The molecular weight excluding hydrogens is 241 g/mol. The van der Waals surface area contributed by atoms with Crippen molar-refractivity contribution in [2.24, 2.45) is 0 Å². The topological polar surface area (TPSA) is 3.24 Å². The molecule has 1 heterocycles. The fraction of sp³-hybridized carbons (Fsp3) is 0.538. The highest BCUT2D eigenvalue weighted by Crippen LogP contribution is 2.20. The van der Waals surface area contributed by atoms with Gasteiger partial charge in [-0.2, -0.15) is 0 Å². The monoisotopic (exact) mass is 259 g/mol. The Kier molecular flexibility index (Phi) is 6.18. The van der Waals surface area contributed by atoms with Gasteiger partial charge in [0.2, 0.25) is 0 Å². The number of halogens is 2. The van der Waals surface area contributed by atoms with Gasteiger partial charge >= 0.3 is 0 Å². The van der Waals surface area contributed by atoms with Gasteiger partial charge in [-0.1, -0.05) is 36.8 Å². The predicted molar refractivity (Wildman–Crippen MR) is 72.5 cm³/mol. The summed E-state index contributed by atoms with van der Waals surface area (Å²) in [6.45, 7) is 2.25. The van der Waals surface area contributed by atoms with Gasteiger partial charge in [0.05, 0.1) is 0 Å². The van der Waals surface area contributed by atoms with Crippen LogP contribution in [0.5, 0.6) is 0 Å². The highest BCUT2D eigenvalue weighted by atomic mass is 35.5. The maximum Gasteiger partial charge on any atom is 0.0379 e. The lowest BCUT2D eigenvalue weighted by atomic mass is 10.0. The zero-order chi connectivity index (χ0) is 10.5. The van der Waals surface area contributed by atoms with E-state index in [2.05, 4.69) is 35.2 Å². The molecule has 1 aliphatic heterocycles.